The van der Waals surface area contributed by atoms with E-state index in [4.69, 9.17) is 11.1 Å². The van der Waals surface area contributed by atoms with E-state index in [1.807, 2.05) is 30.3 Å². The highest BCUT2D eigenvalue weighted by atomic mass is 15.2. The lowest BCUT2D eigenvalue weighted by molar-refractivity contribution is 0.937. The first-order chi connectivity index (χ1) is 11.7. The Morgan fingerprint density at radius 3 is 2.71 bits per heavy atom. The third kappa shape index (κ3) is 4.10. The minimum absolute atomic E-state index is 0.357. The van der Waals surface area contributed by atoms with E-state index in [9.17, 15) is 0 Å². The average Bonchev–Trinajstić information content (AvgIpc) is 3.16. The second kappa shape index (κ2) is 7.59. The molecule has 0 saturated carbocycles. The van der Waals surface area contributed by atoms with Gasteiger partial charge in [0, 0.05) is 36.7 Å². The molecule has 1 saturated heterocycles. The molecular weight excluding hydrogens is 300 g/mol. The van der Waals surface area contributed by atoms with Crippen molar-refractivity contribution in [3.8, 4) is 0 Å². The van der Waals surface area contributed by atoms with Crippen LogP contribution in [0.15, 0.2) is 54.5 Å². The van der Waals surface area contributed by atoms with Crippen LogP contribution < -0.4 is 16.0 Å². The van der Waals surface area contributed by atoms with Crippen molar-refractivity contribution in [2.24, 2.45) is 5.73 Å². The first-order valence-corrected chi connectivity index (χ1v) is 8.13. The van der Waals surface area contributed by atoms with Crippen molar-refractivity contribution >= 4 is 17.3 Å². The summed E-state index contributed by atoms with van der Waals surface area (Å²) in [5.41, 5.74) is 7.69. The number of rotatable bonds is 6. The molecule has 3 heterocycles. The van der Waals surface area contributed by atoms with Gasteiger partial charge in [0.25, 0.3) is 0 Å². The maximum absolute atomic E-state index is 8.17. The molecule has 0 amide bonds. The number of nitrogens with one attached hydrogen (secondary N) is 2. The van der Waals surface area contributed by atoms with Gasteiger partial charge in [-0.1, -0.05) is 6.07 Å². The summed E-state index contributed by atoms with van der Waals surface area (Å²) in [4.78, 5) is 10.9. The summed E-state index contributed by atoms with van der Waals surface area (Å²) >= 11 is 0. The number of nitrogens with two attached hydrogens (primary N) is 1. The number of pyridine rings is 2. The molecule has 1 aliphatic rings. The van der Waals surface area contributed by atoms with Gasteiger partial charge in [-0.05, 0) is 43.2 Å². The smallest absolute Gasteiger partial charge is 0.128 e. The van der Waals surface area contributed by atoms with Crippen LogP contribution in [0.25, 0.3) is 0 Å². The lowest BCUT2D eigenvalue weighted by Crippen LogP contribution is -2.19. The molecule has 0 spiro atoms. The zero-order chi connectivity index (χ0) is 16.8. The lowest BCUT2D eigenvalue weighted by Gasteiger charge is -2.16. The molecule has 2 aromatic rings. The van der Waals surface area contributed by atoms with Crippen LogP contribution in [-0.4, -0.2) is 35.3 Å². The highest BCUT2D eigenvalue weighted by Gasteiger charge is 2.13. The Labute approximate surface area is 141 Å². The maximum Gasteiger partial charge on any atom is 0.128 e. The number of anilines is 2. The average molecular weight is 322 g/mol. The van der Waals surface area contributed by atoms with Crippen LogP contribution in [0, 0.1) is 5.41 Å². The molecule has 1 aliphatic heterocycles. The Morgan fingerprint density at radius 2 is 2.04 bits per heavy atom. The number of hydrogen-bond acceptors (Lipinski definition) is 6. The Morgan fingerprint density at radius 1 is 1.21 bits per heavy atom. The van der Waals surface area contributed by atoms with E-state index >= 15 is 0 Å². The van der Waals surface area contributed by atoms with Gasteiger partial charge in [-0.25, -0.2) is 9.97 Å². The van der Waals surface area contributed by atoms with Gasteiger partial charge in [0.2, 0.25) is 0 Å². The van der Waals surface area contributed by atoms with Gasteiger partial charge in [-0.15, -0.1) is 0 Å². The second-order valence-electron chi connectivity index (χ2n) is 5.80. The SMILES string of the molecule is N=C(C=C(N)CNc1ccccn1)c1ccc(N2CCCC2)nc1. The molecule has 6 nitrogen and oxygen atoms in total. The Bertz CT molecular complexity index is 702. The molecule has 0 unspecified atom stereocenters. The fraction of sp³-hybridized carbons (Fsp3) is 0.278. The van der Waals surface area contributed by atoms with Crippen molar-refractivity contribution in [1.82, 2.24) is 9.97 Å². The molecule has 0 atom stereocenters. The molecule has 124 valence electrons. The Hall–Kier alpha value is -2.89. The van der Waals surface area contributed by atoms with Crippen LogP contribution in [0.4, 0.5) is 11.6 Å². The first-order valence-electron chi connectivity index (χ1n) is 8.13. The van der Waals surface area contributed by atoms with Gasteiger partial charge in [-0.2, -0.15) is 0 Å². The number of nitrogens with zero attached hydrogens (tertiary/aromatic N) is 3. The van der Waals surface area contributed by atoms with Crippen molar-refractivity contribution in [2.75, 3.05) is 29.9 Å². The molecule has 0 aromatic carbocycles. The van der Waals surface area contributed by atoms with Crippen molar-refractivity contribution in [2.45, 2.75) is 12.8 Å². The van der Waals surface area contributed by atoms with E-state index in [1.165, 1.54) is 12.8 Å². The van der Waals surface area contributed by atoms with E-state index in [0.717, 1.165) is 30.3 Å². The summed E-state index contributed by atoms with van der Waals surface area (Å²) in [6, 6.07) is 9.55. The third-order valence-corrected chi connectivity index (χ3v) is 3.96. The van der Waals surface area contributed by atoms with Gasteiger partial charge in [0.05, 0.1) is 12.3 Å². The van der Waals surface area contributed by atoms with Crippen LogP contribution in [0.2, 0.25) is 0 Å². The number of allylic oxidation sites excluding steroid dienone is 1. The molecular formula is C18H22N6. The van der Waals surface area contributed by atoms with E-state index in [1.54, 1.807) is 18.5 Å². The van der Waals surface area contributed by atoms with Gasteiger partial charge >= 0.3 is 0 Å². The van der Waals surface area contributed by atoms with Crippen molar-refractivity contribution < 1.29 is 0 Å². The quantitative estimate of drug-likeness (QED) is 0.710. The maximum atomic E-state index is 8.17. The molecule has 0 bridgehead atoms. The zero-order valence-electron chi connectivity index (χ0n) is 13.6. The van der Waals surface area contributed by atoms with E-state index < -0.39 is 0 Å². The van der Waals surface area contributed by atoms with E-state index in [-0.39, 0.29) is 0 Å². The van der Waals surface area contributed by atoms with Crippen molar-refractivity contribution in [1.29, 1.82) is 5.41 Å². The summed E-state index contributed by atoms with van der Waals surface area (Å²) in [5, 5.41) is 11.3. The molecule has 2 aromatic heterocycles. The Balaban J connectivity index is 1.58. The fourth-order valence-corrected chi connectivity index (χ4v) is 2.66. The van der Waals surface area contributed by atoms with Gasteiger partial charge in [0.1, 0.15) is 11.6 Å². The highest BCUT2D eigenvalue weighted by Crippen LogP contribution is 2.17. The van der Waals surface area contributed by atoms with Gasteiger partial charge in [-0.3, -0.25) is 0 Å². The monoisotopic (exact) mass is 322 g/mol. The third-order valence-electron chi connectivity index (χ3n) is 3.96. The van der Waals surface area contributed by atoms with Crippen molar-refractivity contribution in [3.63, 3.8) is 0 Å². The molecule has 3 rings (SSSR count). The highest BCUT2D eigenvalue weighted by molar-refractivity contribution is 6.06. The van der Waals surface area contributed by atoms with E-state index in [0.29, 0.717) is 18.0 Å². The second-order valence-corrected chi connectivity index (χ2v) is 5.80. The molecule has 0 aliphatic carbocycles. The fourth-order valence-electron chi connectivity index (χ4n) is 2.66. The topological polar surface area (TPSA) is 90.9 Å². The standard InChI is InChI=1S/C18H22N6/c19-15(13-22-17-5-1-2-8-21-17)11-16(20)14-6-7-18(23-12-14)24-9-3-4-10-24/h1-2,5-8,11-12,20H,3-4,9-10,13,19H2,(H,21,22). The van der Waals surface area contributed by atoms with Gasteiger partial charge < -0.3 is 21.4 Å². The molecule has 1 fully saturated rings. The van der Waals surface area contributed by atoms with Crippen LogP contribution in [0.5, 0.6) is 0 Å². The minimum Gasteiger partial charge on any atom is -0.401 e. The normalized spacial score (nSPS) is 14.7. The summed E-state index contributed by atoms with van der Waals surface area (Å²) in [7, 11) is 0. The summed E-state index contributed by atoms with van der Waals surface area (Å²) < 4.78 is 0. The number of aromatic nitrogens is 2. The van der Waals surface area contributed by atoms with Crippen LogP contribution in [0.3, 0.4) is 0 Å². The van der Waals surface area contributed by atoms with E-state index in [2.05, 4.69) is 20.2 Å². The molecule has 6 heteroatoms. The summed E-state index contributed by atoms with van der Waals surface area (Å²) in [5.74, 6) is 1.75. The van der Waals surface area contributed by atoms with Crippen molar-refractivity contribution in [3.05, 3.63) is 60.1 Å². The van der Waals surface area contributed by atoms with Crippen LogP contribution in [-0.2, 0) is 0 Å². The summed E-state index contributed by atoms with van der Waals surface area (Å²) in [6.45, 7) is 2.57. The predicted octanol–water partition coefficient (Wildman–Crippen LogP) is 2.40. The Kier molecular flexibility index (Phi) is 5.05. The van der Waals surface area contributed by atoms with Gasteiger partial charge in [0.15, 0.2) is 0 Å². The molecule has 4 N–H and O–H groups in total. The molecule has 0 radical (unpaired) electrons. The first kappa shape index (κ1) is 16.0. The predicted molar refractivity (Wildman–Crippen MR) is 97.5 cm³/mol. The van der Waals surface area contributed by atoms with Crippen LogP contribution >= 0.6 is 0 Å². The lowest BCUT2D eigenvalue weighted by atomic mass is 10.1. The minimum atomic E-state index is 0.357. The zero-order valence-corrected chi connectivity index (χ0v) is 13.6. The molecule has 24 heavy (non-hydrogen) atoms. The largest absolute Gasteiger partial charge is 0.401 e. The van der Waals surface area contributed by atoms with Crippen LogP contribution in [0.1, 0.15) is 18.4 Å². The summed E-state index contributed by atoms with van der Waals surface area (Å²) in [6.07, 6.45) is 7.57. The number of hydrogen-bond donors (Lipinski definition) is 3.